The highest BCUT2D eigenvalue weighted by Crippen LogP contribution is 2.26. The van der Waals surface area contributed by atoms with Crippen molar-refractivity contribution in [3.63, 3.8) is 0 Å². The maximum absolute atomic E-state index is 12.8. The monoisotopic (exact) mass is 304 g/mol. The summed E-state index contributed by atoms with van der Waals surface area (Å²) in [6, 6.07) is 15.9. The van der Waals surface area contributed by atoms with Gasteiger partial charge in [0.05, 0.1) is 17.0 Å². The van der Waals surface area contributed by atoms with Crippen molar-refractivity contribution in [2.45, 2.75) is 27.2 Å². The van der Waals surface area contributed by atoms with Gasteiger partial charge in [0.15, 0.2) is 0 Å². The van der Waals surface area contributed by atoms with E-state index in [9.17, 15) is 4.79 Å². The first kappa shape index (κ1) is 15.2. The predicted octanol–water partition coefficient (Wildman–Crippen LogP) is 4.50. The Morgan fingerprint density at radius 1 is 1.04 bits per heavy atom. The highest BCUT2D eigenvalue weighted by Gasteiger charge is 2.30. The minimum absolute atomic E-state index is 0.0612. The summed E-state index contributed by atoms with van der Waals surface area (Å²) >= 11 is 0. The van der Waals surface area contributed by atoms with Gasteiger partial charge >= 0.3 is 0 Å². The largest absolute Gasteiger partial charge is 0.280 e. The number of hydrogen-bond acceptors (Lipinski definition) is 2. The van der Waals surface area contributed by atoms with Crippen LogP contribution in [0.25, 0.3) is 6.08 Å². The lowest BCUT2D eigenvalue weighted by atomic mass is 10.0. The van der Waals surface area contributed by atoms with Crippen LogP contribution in [0.2, 0.25) is 0 Å². The van der Waals surface area contributed by atoms with E-state index in [0.29, 0.717) is 5.57 Å². The van der Waals surface area contributed by atoms with Gasteiger partial charge in [0.1, 0.15) is 0 Å². The molecule has 2 aromatic rings. The molecule has 23 heavy (non-hydrogen) atoms. The number of nitrogens with zero attached hydrogens (tertiary/aromatic N) is 2. The summed E-state index contributed by atoms with van der Waals surface area (Å²) in [4.78, 5) is 12.8. The molecule has 3 nitrogen and oxygen atoms in total. The number of aryl methyl sites for hydroxylation is 2. The zero-order valence-electron chi connectivity index (χ0n) is 13.7. The first-order valence-corrected chi connectivity index (χ1v) is 7.86. The molecule has 0 radical (unpaired) electrons. The summed E-state index contributed by atoms with van der Waals surface area (Å²) in [5.41, 5.74) is 5.69. The van der Waals surface area contributed by atoms with Crippen molar-refractivity contribution in [3.8, 4) is 0 Å². The quantitative estimate of drug-likeness (QED) is 0.768. The maximum atomic E-state index is 12.8. The van der Waals surface area contributed by atoms with Gasteiger partial charge < -0.3 is 0 Å². The van der Waals surface area contributed by atoms with Crippen molar-refractivity contribution >= 4 is 23.4 Å². The van der Waals surface area contributed by atoms with Crippen molar-refractivity contribution in [1.82, 2.24) is 0 Å². The second-order valence-electron chi connectivity index (χ2n) is 5.77. The molecular weight excluding hydrogens is 284 g/mol. The fourth-order valence-corrected chi connectivity index (χ4v) is 2.63. The Morgan fingerprint density at radius 2 is 1.74 bits per heavy atom. The van der Waals surface area contributed by atoms with Crippen LogP contribution in [0.1, 0.15) is 30.0 Å². The first-order valence-electron chi connectivity index (χ1n) is 7.86. The average molecular weight is 304 g/mol. The minimum Gasteiger partial charge on any atom is -0.267 e. The van der Waals surface area contributed by atoms with Crippen LogP contribution in [0.5, 0.6) is 0 Å². The second kappa shape index (κ2) is 6.21. The van der Waals surface area contributed by atoms with Crippen LogP contribution in [0.3, 0.4) is 0 Å². The lowest BCUT2D eigenvalue weighted by Gasteiger charge is -2.11. The Labute approximate surface area is 136 Å². The number of carbonyl (C=O) groups excluding carboxylic acids is 1. The van der Waals surface area contributed by atoms with Crippen LogP contribution >= 0.6 is 0 Å². The summed E-state index contributed by atoms with van der Waals surface area (Å²) < 4.78 is 0. The number of carbonyl (C=O) groups is 1. The molecule has 116 valence electrons. The van der Waals surface area contributed by atoms with Crippen molar-refractivity contribution in [2.24, 2.45) is 5.10 Å². The molecule has 0 spiro atoms. The summed E-state index contributed by atoms with van der Waals surface area (Å²) in [5.74, 6) is -0.0612. The summed E-state index contributed by atoms with van der Waals surface area (Å²) in [6.45, 7) is 6.10. The fourth-order valence-electron chi connectivity index (χ4n) is 2.63. The van der Waals surface area contributed by atoms with E-state index in [1.54, 1.807) is 0 Å². The van der Waals surface area contributed by atoms with Crippen molar-refractivity contribution in [2.75, 3.05) is 5.01 Å². The molecule has 0 aliphatic carbocycles. The maximum Gasteiger partial charge on any atom is 0.280 e. The van der Waals surface area contributed by atoms with Crippen molar-refractivity contribution < 1.29 is 4.79 Å². The SMILES string of the molecule is CCC1=NN(c2ccc(C)cc2)C(=O)/C1=C/c1ccccc1C. The normalized spacial score (nSPS) is 16.1. The number of rotatable bonds is 3. The highest BCUT2D eigenvalue weighted by molar-refractivity contribution is 6.32. The number of hydrogen-bond donors (Lipinski definition) is 0. The van der Waals surface area contributed by atoms with Gasteiger partial charge in [-0.15, -0.1) is 0 Å². The van der Waals surface area contributed by atoms with E-state index in [1.165, 1.54) is 5.01 Å². The van der Waals surface area contributed by atoms with E-state index < -0.39 is 0 Å². The standard InChI is InChI=1S/C20H20N2O/c1-4-19-18(13-16-8-6-5-7-15(16)3)20(23)22(21-19)17-11-9-14(2)10-12-17/h5-13H,4H2,1-3H3/b18-13+. The average Bonchev–Trinajstić information content (AvgIpc) is 2.87. The Morgan fingerprint density at radius 3 is 2.39 bits per heavy atom. The van der Waals surface area contributed by atoms with Gasteiger partial charge in [-0.05, 0) is 49.6 Å². The van der Waals surface area contributed by atoms with Crippen LogP contribution in [-0.2, 0) is 4.79 Å². The van der Waals surface area contributed by atoms with E-state index in [2.05, 4.69) is 5.10 Å². The van der Waals surface area contributed by atoms with Crippen LogP contribution in [0.4, 0.5) is 5.69 Å². The third-order valence-corrected chi connectivity index (χ3v) is 4.06. The minimum atomic E-state index is -0.0612. The van der Waals surface area contributed by atoms with Gasteiger partial charge in [0.25, 0.3) is 5.91 Å². The number of benzene rings is 2. The van der Waals surface area contributed by atoms with Gasteiger partial charge in [0, 0.05) is 0 Å². The fraction of sp³-hybridized carbons (Fsp3) is 0.200. The molecule has 0 N–H and O–H groups in total. The third-order valence-electron chi connectivity index (χ3n) is 4.06. The summed E-state index contributed by atoms with van der Waals surface area (Å²) in [6.07, 6.45) is 2.68. The molecule has 0 fully saturated rings. The molecule has 0 unspecified atom stereocenters. The van der Waals surface area contributed by atoms with E-state index in [0.717, 1.165) is 34.5 Å². The lowest BCUT2D eigenvalue weighted by molar-refractivity contribution is -0.114. The zero-order chi connectivity index (χ0) is 16.4. The summed E-state index contributed by atoms with van der Waals surface area (Å²) in [5, 5.41) is 6.03. The van der Waals surface area contributed by atoms with Gasteiger partial charge in [-0.3, -0.25) is 4.79 Å². The predicted molar refractivity (Wildman–Crippen MR) is 95.5 cm³/mol. The molecule has 3 rings (SSSR count). The smallest absolute Gasteiger partial charge is 0.267 e. The van der Waals surface area contributed by atoms with Crippen molar-refractivity contribution in [1.29, 1.82) is 0 Å². The molecule has 1 aliphatic rings. The Hall–Kier alpha value is -2.68. The molecule has 0 saturated heterocycles. The molecule has 0 saturated carbocycles. The van der Waals surface area contributed by atoms with Crippen LogP contribution in [-0.4, -0.2) is 11.6 Å². The Balaban J connectivity index is 2.00. The van der Waals surface area contributed by atoms with Crippen LogP contribution in [0, 0.1) is 13.8 Å². The first-order chi connectivity index (χ1) is 11.1. The van der Waals surface area contributed by atoms with Gasteiger partial charge in [-0.2, -0.15) is 10.1 Å². The van der Waals surface area contributed by atoms with Crippen LogP contribution in [0.15, 0.2) is 59.2 Å². The Kier molecular flexibility index (Phi) is 4.11. The van der Waals surface area contributed by atoms with E-state index in [-0.39, 0.29) is 5.91 Å². The number of amides is 1. The molecular formula is C20H20N2O. The molecule has 1 heterocycles. The Bertz CT molecular complexity index is 801. The zero-order valence-corrected chi connectivity index (χ0v) is 13.7. The number of hydrazone groups is 1. The summed E-state index contributed by atoms with van der Waals surface area (Å²) in [7, 11) is 0. The molecule has 0 aromatic heterocycles. The van der Waals surface area contributed by atoms with Gasteiger partial charge in [0.2, 0.25) is 0 Å². The van der Waals surface area contributed by atoms with Crippen molar-refractivity contribution in [3.05, 3.63) is 70.8 Å². The highest BCUT2D eigenvalue weighted by atomic mass is 16.2. The van der Waals surface area contributed by atoms with E-state index >= 15 is 0 Å². The molecule has 0 atom stereocenters. The topological polar surface area (TPSA) is 32.7 Å². The lowest BCUT2D eigenvalue weighted by Crippen LogP contribution is -2.21. The van der Waals surface area contributed by atoms with E-state index in [1.807, 2.05) is 75.4 Å². The molecule has 1 aliphatic heterocycles. The van der Waals surface area contributed by atoms with Gasteiger partial charge in [-0.25, -0.2) is 0 Å². The van der Waals surface area contributed by atoms with E-state index in [4.69, 9.17) is 0 Å². The number of anilines is 1. The third kappa shape index (κ3) is 2.95. The molecule has 3 heteroatoms. The molecule has 1 amide bonds. The van der Waals surface area contributed by atoms with Gasteiger partial charge in [-0.1, -0.05) is 48.9 Å². The molecule has 0 bridgehead atoms. The second-order valence-corrected chi connectivity index (χ2v) is 5.77. The van der Waals surface area contributed by atoms with Crippen LogP contribution < -0.4 is 5.01 Å². The molecule has 2 aromatic carbocycles.